The third-order valence-electron chi connectivity index (χ3n) is 4.42. The van der Waals surface area contributed by atoms with E-state index in [0.717, 1.165) is 28.0 Å². The number of ether oxygens (including phenoxy) is 1. The van der Waals surface area contributed by atoms with Crippen LogP contribution in [0.15, 0.2) is 60.7 Å². The molecule has 0 spiro atoms. The minimum atomic E-state index is 0.144. The average Bonchev–Trinajstić information content (AvgIpc) is 3.00. The average molecular weight is 367 g/mol. The number of aliphatic hydroxyl groups excluding tert-OH is 1. The molecular weight excluding hydrogens is 348 g/mol. The summed E-state index contributed by atoms with van der Waals surface area (Å²) in [6, 6.07) is 19.8. The summed E-state index contributed by atoms with van der Waals surface area (Å²) >= 11 is 5.92. The van der Waals surface area contributed by atoms with Crippen LogP contribution in [0.4, 0.5) is 0 Å². The fourth-order valence-corrected chi connectivity index (χ4v) is 3.25. The summed E-state index contributed by atoms with van der Waals surface area (Å²) in [6.45, 7) is 1.20. The number of halogens is 1. The molecule has 0 bridgehead atoms. The standard InChI is InChI=1S/C21H19ClN2O2/c22-17-6-8-18(9-7-17)26-14-21-23-19-12-15-4-1-2-5-16(15)13-20(19)24(21)10-3-11-25/h1-2,4-9,12-13,25H,3,10-11,14H2. The van der Waals surface area contributed by atoms with Crippen molar-refractivity contribution in [3.63, 3.8) is 0 Å². The Balaban J connectivity index is 1.71. The Bertz CT molecular complexity index is 1040. The van der Waals surface area contributed by atoms with E-state index in [1.165, 1.54) is 5.39 Å². The molecule has 1 aromatic heterocycles. The maximum absolute atomic E-state index is 9.26. The van der Waals surface area contributed by atoms with Crippen molar-refractivity contribution in [3.8, 4) is 5.75 Å². The lowest BCUT2D eigenvalue weighted by Gasteiger charge is -2.10. The lowest BCUT2D eigenvalue weighted by molar-refractivity contribution is 0.269. The summed E-state index contributed by atoms with van der Waals surface area (Å²) in [5.74, 6) is 1.60. The monoisotopic (exact) mass is 366 g/mol. The van der Waals surface area contributed by atoms with E-state index in [2.05, 4.69) is 28.8 Å². The number of benzene rings is 3. The Hall–Kier alpha value is -2.56. The van der Waals surface area contributed by atoms with Crippen LogP contribution in [0.5, 0.6) is 5.75 Å². The highest BCUT2D eigenvalue weighted by Gasteiger charge is 2.12. The summed E-state index contributed by atoms with van der Waals surface area (Å²) in [5.41, 5.74) is 2.00. The molecule has 3 aromatic carbocycles. The predicted molar refractivity (Wildman–Crippen MR) is 105 cm³/mol. The zero-order valence-electron chi connectivity index (χ0n) is 14.2. The molecule has 0 aliphatic heterocycles. The smallest absolute Gasteiger partial charge is 0.147 e. The van der Waals surface area contributed by atoms with E-state index in [9.17, 15) is 5.11 Å². The van der Waals surface area contributed by atoms with Crippen molar-refractivity contribution in [2.75, 3.05) is 6.61 Å². The number of hydrogen-bond donors (Lipinski definition) is 1. The Labute approximate surface area is 156 Å². The number of rotatable bonds is 6. The molecule has 0 fully saturated rings. The van der Waals surface area contributed by atoms with Crippen LogP contribution < -0.4 is 4.74 Å². The van der Waals surface area contributed by atoms with E-state index in [4.69, 9.17) is 21.3 Å². The Morgan fingerprint density at radius 3 is 2.46 bits per heavy atom. The second kappa shape index (κ2) is 7.36. The quantitative estimate of drug-likeness (QED) is 0.533. The summed E-state index contributed by atoms with van der Waals surface area (Å²) < 4.78 is 8.02. The van der Waals surface area contributed by atoms with Crippen molar-refractivity contribution in [2.45, 2.75) is 19.6 Å². The van der Waals surface area contributed by atoms with E-state index in [1.54, 1.807) is 12.1 Å². The molecule has 1 N–H and O–H groups in total. The van der Waals surface area contributed by atoms with E-state index in [1.807, 2.05) is 24.3 Å². The van der Waals surface area contributed by atoms with Gasteiger partial charge >= 0.3 is 0 Å². The van der Waals surface area contributed by atoms with Crippen molar-refractivity contribution in [1.82, 2.24) is 9.55 Å². The first-order chi connectivity index (χ1) is 12.7. The van der Waals surface area contributed by atoms with Gasteiger partial charge in [0.1, 0.15) is 18.2 Å². The summed E-state index contributed by atoms with van der Waals surface area (Å²) in [7, 11) is 0. The number of aryl methyl sites for hydroxylation is 1. The molecule has 0 amide bonds. The van der Waals surface area contributed by atoms with Gasteiger partial charge in [0.15, 0.2) is 0 Å². The van der Waals surface area contributed by atoms with Crippen LogP contribution in [0, 0.1) is 0 Å². The van der Waals surface area contributed by atoms with Gasteiger partial charge in [0.05, 0.1) is 11.0 Å². The van der Waals surface area contributed by atoms with Gasteiger partial charge in [-0.05, 0) is 53.6 Å². The lowest BCUT2D eigenvalue weighted by Crippen LogP contribution is -2.08. The first-order valence-corrected chi connectivity index (χ1v) is 8.99. The van der Waals surface area contributed by atoms with Gasteiger partial charge in [-0.2, -0.15) is 0 Å². The number of nitrogens with zero attached hydrogens (tertiary/aromatic N) is 2. The van der Waals surface area contributed by atoms with Crippen molar-refractivity contribution in [2.24, 2.45) is 0 Å². The largest absolute Gasteiger partial charge is 0.486 e. The Kier molecular flexibility index (Phi) is 4.78. The van der Waals surface area contributed by atoms with Crippen LogP contribution in [0.2, 0.25) is 5.02 Å². The lowest BCUT2D eigenvalue weighted by atomic mass is 10.1. The van der Waals surface area contributed by atoms with E-state index < -0.39 is 0 Å². The van der Waals surface area contributed by atoms with Gasteiger partial charge in [-0.1, -0.05) is 35.9 Å². The second-order valence-electron chi connectivity index (χ2n) is 6.19. The van der Waals surface area contributed by atoms with Gasteiger partial charge in [0.25, 0.3) is 0 Å². The van der Waals surface area contributed by atoms with Gasteiger partial charge in [-0.15, -0.1) is 0 Å². The molecule has 132 valence electrons. The maximum Gasteiger partial charge on any atom is 0.147 e. The highest BCUT2D eigenvalue weighted by atomic mass is 35.5. The number of fused-ring (bicyclic) bond motifs is 2. The molecule has 0 aliphatic carbocycles. The molecule has 0 saturated carbocycles. The van der Waals surface area contributed by atoms with E-state index >= 15 is 0 Å². The van der Waals surface area contributed by atoms with E-state index in [0.29, 0.717) is 24.6 Å². The van der Waals surface area contributed by atoms with Gasteiger partial charge in [0, 0.05) is 18.2 Å². The molecule has 26 heavy (non-hydrogen) atoms. The molecule has 4 aromatic rings. The van der Waals surface area contributed by atoms with Crippen LogP contribution in [0.1, 0.15) is 12.2 Å². The molecule has 0 aliphatic rings. The normalized spacial score (nSPS) is 11.3. The molecular formula is C21H19ClN2O2. The molecule has 0 atom stereocenters. The van der Waals surface area contributed by atoms with Crippen molar-refractivity contribution < 1.29 is 9.84 Å². The second-order valence-corrected chi connectivity index (χ2v) is 6.62. The minimum Gasteiger partial charge on any atom is -0.486 e. The highest BCUT2D eigenvalue weighted by Crippen LogP contribution is 2.25. The zero-order chi connectivity index (χ0) is 17.9. The van der Waals surface area contributed by atoms with Crippen LogP contribution in [-0.2, 0) is 13.2 Å². The highest BCUT2D eigenvalue weighted by molar-refractivity contribution is 6.30. The molecule has 0 saturated heterocycles. The number of aromatic nitrogens is 2. The molecule has 0 unspecified atom stereocenters. The summed E-state index contributed by atoms with van der Waals surface area (Å²) in [5, 5.41) is 12.3. The third kappa shape index (κ3) is 3.39. The van der Waals surface area contributed by atoms with Gasteiger partial charge in [-0.3, -0.25) is 0 Å². The molecule has 1 heterocycles. The molecule has 0 radical (unpaired) electrons. The Morgan fingerprint density at radius 1 is 1.00 bits per heavy atom. The maximum atomic E-state index is 9.26. The SMILES string of the molecule is OCCCn1c(COc2ccc(Cl)cc2)nc2cc3ccccc3cc21. The summed E-state index contributed by atoms with van der Waals surface area (Å²) in [4.78, 5) is 4.78. The number of imidazole rings is 1. The van der Waals surface area contributed by atoms with Gasteiger partial charge in [-0.25, -0.2) is 4.98 Å². The van der Waals surface area contributed by atoms with Crippen LogP contribution in [0.3, 0.4) is 0 Å². The minimum absolute atomic E-state index is 0.144. The van der Waals surface area contributed by atoms with Crippen molar-refractivity contribution in [1.29, 1.82) is 0 Å². The predicted octanol–water partition coefficient (Wildman–Crippen LogP) is 4.80. The van der Waals surface area contributed by atoms with Crippen molar-refractivity contribution >= 4 is 33.4 Å². The third-order valence-corrected chi connectivity index (χ3v) is 4.67. The van der Waals surface area contributed by atoms with E-state index in [-0.39, 0.29) is 6.61 Å². The topological polar surface area (TPSA) is 47.3 Å². The zero-order valence-corrected chi connectivity index (χ0v) is 15.0. The van der Waals surface area contributed by atoms with Gasteiger partial charge in [0.2, 0.25) is 0 Å². The van der Waals surface area contributed by atoms with Crippen LogP contribution in [-0.4, -0.2) is 21.3 Å². The van der Waals surface area contributed by atoms with Gasteiger partial charge < -0.3 is 14.4 Å². The number of hydrogen-bond acceptors (Lipinski definition) is 3. The fourth-order valence-electron chi connectivity index (χ4n) is 3.13. The molecule has 5 heteroatoms. The van der Waals surface area contributed by atoms with Crippen LogP contribution in [0.25, 0.3) is 21.8 Å². The Morgan fingerprint density at radius 2 is 1.73 bits per heavy atom. The molecule has 4 nitrogen and oxygen atoms in total. The number of aliphatic hydroxyl groups is 1. The first kappa shape index (κ1) is 16.9. The first-order valence-electron chi connectivity index (χ1n) is 8.62. The summed E-state index contributed by atoms with van der Waals surface area (Å²) in [6.07, 6.45) is 0.673. The fraction of sp³-hybridized carbons (Fsp3) is 0.190. The van der Waals surface area contributed by atoms with Crippen molar-refractivity contribution in [3.05, 3.63) is 71.5 Å². The molecule has 4 rings (SSSR count). The van der Waals surface area contributed by atoms with Crippen LogP contribution >= 0.6 is 11.6 Å².